The Morgan fingerprint density at radius 3 is 2.66 bits per heavy atom. The van der Waals surface area contributed by atoms with Crippen LogP contribution < -0.4 is 5.32 Å². The van der Waals surface area contributed by atoms with E-state index in [1.54, 1.807) is 13.0 Å². The van der Waals surface area contributed by atoms with E-state index in [2.05, 4.69) is 23.3 Å². The van der Waals surface area contributed by atoms with Gasteiger partial charge in [-0.1, -0.05) is 30.7 Å². The van der Waals surface area contributed by atoms with Gasteiger partial charge < -0.3 is 29.4 Å². The molecule has 3 aliphatic heterocycles. The number of carbonyl (C=O) groups excluding carboxylic acids is 3. The number of hydrogen-bond donors (Lipinski definition) is 2. The first-order valence-corrected chi connectivity index (χ1v) is 13.2. The van der Waals surface area contributed by atoms with Crippen LogP contribution in [0.2, 0.25) is 0 Å². The largest absolute Gasteiger partial charge is 0.459 e. The number of allylic oxidation sites excluding steroid dienone is 2. The zero-order valence-corrected chi connectivity index (χ0v) is 22.8. The van der Waals surface area contributed by atoms with Crippen molar-refractivity contribution in [2.75, 3.05) is 13.2 Å². The van der Waals surface area contributed by atoms with Crippen LogP contribution in [-0.4, -0.2) is 84.5 Å². The van der Waals surface area contributed by atoms with E-state index in [-0.39, 0.29) is 42.7 Å². The Kier molecular flexibility index (Phi) is 10.6. The molecule has 0 aromatic rings. The molecule has 3 saturated heterocycles. The van der Waals surface area contributed by atoms with Gasteiger partial charge in [-0.25, -0.2) is 9.79 Å². The molecule has 1 unspecified atom stereocenters. The number of aliphatic hydroxyl groups excluding tert-OH is 1. The lowest BCUT2D eigenvalue weighted by atomic mass is 9.87. The Labute approximate surface area is 224 Å². The summed E-state index contributed by atoms with van der Waals surface area (Å²) in [5.74, 6) is -0.419. The molecule has 210 valence electrons. The number of aliphatic hydroxyl groups is 1. The number of nitrogens with one attached hydrogen (secondary N) is 1. The minimum Gasteiger partial charge on any atom is -0.459 e. The fraction of sp³-hybridized carbons (Fsp3) is 0.679. The molecule has 38 heavy (non-hydrogen) atoms. The van der Waals surface area contributed by atoms with E-state index in [4.69, 9.17) is 18.9 Å². The number of isocyanates is 1. The molecule has 0 aromatic carbocycles. The second kappa shape index (κ2) is 13.4. The van der Waals surface area contributed by atoms with Crippen LogP contribution in [0, 0.1) is 5.92 Å². The second-order valence-corrected chi connectivity index (χ2v) is 10.6. The number of carbonyl (C=O) groups is 2. The molecule has 10 heteroatoms. The first-order chi connectivity index (χ1) is 18.0. The predicted molar refractivity (Wildman–Crippen MR) is 139 cm³/mol. The lowest BCUT2D eigenvalue weighted by Crippen LogP contribution is -2.50. The van der Waals surface area contributed by atoms with E-state index in [9.17, 15) is 19.5 Å². The van der Waals surface area contributed by atoms with Gasteiger partial charge in [0.05, 0.1) is 37.5 Å². The van der Waals surface area contributed by atoms with E-state index in [0.29, 0.717) is 19.4 Å². The number of epoxide rings is 1. The van der Waals surface area contributed by atoms with Gasteiger partial charge in [-0.05, 0) is 45.6 Å². The Morgan fingerprint density at radius 1 is 1.26 bits per heavy atom. The number of rotatable bonds is 10. The number of ether oxygens (including phenoxy) is 4. The summed E-state index contributed by atoms with van der Waals surface area (Å²) in [6, 6.07) is -0.120. The van der Waals surface area contributed by atoms with Crippen LogP contribution in [-0.2, 0) is 33.3 Å². The summed E-state index contributed by atoms with van der Waals surface area (Å²) >= 11 is 0. The van der Waals surface area contributed by atoms with E-state index in [1.165, 1.54) is 19.1 Å². The van der Waals surface area contributed by atoms with Crippen molar-refractivity contribution in [2.24, 2.45) is 10.9 Å². The van der Waals surface area contributed by atoms with Gasteiger partial charge in [0.15, 0.2) is 0 Å². The standard InChI is InChI=1S/C28H40N2O8/c1-17(7-10-25-27(34)28(15-35-28)13-22(38-25)14-29-16-31)6-9-24-18(2)12-23(20(4)37-24)30-26(33)11-8-19(3)36-21(5)32/h6-8,10-11,18-20,22-25,27,34H,9,12-15H2,1-5H3,(H,30,33)/t18-,19?,20+,22-,23+,24-,25+,27+,28+/m0/s1. The summed E-state index contributed by atoms with van der Waals surface area (Å²) in [7, 11) is 0. The van der Waals surface area contributed by atoms with E-state index >= 15 is 0 Å². The Hall–Kier alpha value is -2.62. The molecule has 3 aliphatic rings. The fourth-order valence-electron chi connectivity index (χ4n) is 5.01. The number of amides is 1. The van der Waals surface area contributed by atoms with Crippen molar-refractivity contribution in [3.05, 3.63) is 36.0 Å². The van der Waals surface area contributed by atoms with Gasteiger partial charge in [0.25, 0.3) is 0 Å². The maximum atomic E-state index is 12.3. The molecule has 3 heterocycles. The molecular formula is C28H40N2O8. The van der Waals surface area contributed by atoms with Gasteiger partial charge >= 0.3 is 5.97 Å². The highest BCUT2D eigenvalue weighted by Crippen LogP contribution is 2.42. The minimum atomic E-state index is -0.780. The normalized spacial score (nSPS) is 36.2. The lowest BCUT2D eigenvalue weighted by molar-refractivity contribution is -0.143. The molecule has 9 atom stereocenters. The number of nitrogens with zero attached hydrogens (tertiary/aromatic N) is 1. The summed E-state index contributed by atoms with van der Waals surface area (Å²) in [5, 5.41) is 13.7. The average Bonchev–Trinajstić information content (AvgIpc) is 3.63. The molecule has 3 fully saturated rings. The minimum absolute atomic E-state index is 0.00581. The first kappa shape index (κ1) is 29.9. The maximum absolute atomic E-state index is 12.3. The van der Waals surface area contributed by atoms with Crippen LogP contribution >= 0.6 is 0 Å². The molecular weight excluding hydrogens is 492 g/mol. The third-order valence-electron chi connectivity index (χ3n) is 7.28. The number of hydrogen-bond acceptors (Lipinski definition) is 9. The van der Waals surface area contributed by atoms with Crippen molar-refractivity contribution >= 4 is 18.0 Å². The fourth-order valence-corrected chi connectivity index (χ4v) is 5.01. The van der Waals surface area contributed by atoms with Crippen LogP contribution in [0.4, 0.5) is 0 Å². The molecule has 2 N–H and O–H groups in total. The Bertz CT molecular complexity index is 981. The van der Waals surface area contributed by atoms with Gasteiger partial charge in [0, 0.05) is 19.4 Å². The summed E-state index contributed by atoms with van der Waals surface area (Å²) in [5.41, 5.74) is 0.392. The molecule has 10 nitrogen and oxygen atoms in total. The highest BCUT2D eigenvalue weighted by Gasteiger charge is 2.58. The van der Waals surface area contributed by atoms with Gasteiger partial charge in [0.1, 0.15) is 23.9 Å². The van der Waals surface area contributed by atoms with Crippen LogP contribution in [0.15, 0.2) is 40.9 Å². The van der Waals surface area contributed by atoms with Crippen molar-refractivity contribution < 1.29 is 38.4 Å². The van der Waals surface area contributed by atoms with Crippen molar-refractivity contribution in [1.82, 2.24) is 5.32 Å². The number of aliphatic imine (C=N–C) groups is 1. The van der Waals surface area contributed by atoms with Crippen molar-refractivity contribution in [1.29, 1.82) is 0 Å². The predicted octanol–water partition coefficient (Wildman–Crippen LogP) is 2.31. The molecule has 0 aromatic heterocycles. The third-order valence-corrected chi connectivity index (χ3v) is 7.28. The zero-order valence-electron chi connectivity index (χ0n) is 22.8. The van der Waals surface area contributed by atoms with E-state index in [0.717, 1.165) is 12.0 Å². The number of esters is 1. The molecule has 0 aliphatic carbocycles. The van der Waals surface area contributed by atoms with Crippen LogP contribution in [0.3, 0.4) is 0 Å². The highest BCUT2D eigenvalue weighted by molar-refractivity contribution is 5.87. The van der Waals surface area contributed by atoms with Gasteiger partial charge in [-0.15, -0.1) is 0 Å². The van der Waals surface area contributed by atoms with Crippen LogP contribution in [0.25, 0.3) is 0 Å². The molecule has 1 spiro atoms. The lowest BCUT2D eigenvalue weighted by Gasteiger charge is -2.39. The van der Waals surface area contributed by atoms with Crippen molar-refractivity contribution in [2.45, 2.75) is 102 Å². The molecule has 0 bridgehead atoms. The van der Waals surface area contributed by atoms with Gasteiger partial charge in [0.2, 0.25) is 12.0 Å². The first-order valence-electron chi connectivity index (χ1n) is 13.2. The third kappa shape index (κ3) is 8.44. The van der Waals surface area contributed by atoms with Crippen molar-refractivity contribution in [3.8, 4) is 0 Å². The molecule has 0 saturated carbocycles. The monoisotopic (exact) mass is 532 g/mol. The topological polar surface area (TPSA) is 136 Å². The second-order valence-electron chi connectivity index (χ2n) is 10.6. The van der Waals surface area contributed by atoms with E-state index < -0.39 is 29.9 Å². The maximum Gasteiger partial charge on any atom is 0.303 e. The average molecular weight is 533 g/mol. The summed E-state index contributed by atoms with van der Waals surface area (Å²) in [6.45, 7) is 9.73. The van der Waals surface area contributed by atoms with Gasteiger partial charge in [-0.2, -0.15) is 0 Å². The molecule has 0 radical (unpaired) electrons. The zero-order chi connectivity index (χ0) is 27.9. The summed E-state index contributed by atoms with van der Waals surface area (Å²) < 4.78 is 22.7. The summed E-state index contributed by atoms with van der Waals surface area (Å²) in [4.78, 5) is 37.4. The Morgan fingerprint density at radius 2 is 2.00 bits per heavy atom. The van der Waals surface area contributed by atoms with Crippen molar-refractivity contribution in [3.63, 3.8) is 0 Å². The quantitative estimate of drug-likeness (QED) is 0.109. The van der Waals surface area contributed by atoms with Gasteiger partial charge in [-0.3, -0.25) is 9.59 Å². The smallest absolute Gasteiger partial charge is 0.303 e. The van der Waals surface area contributed by atoms with Crippen LogP contribution in [0.1, 0.15) is 53.9 Å². The van der Waals surface area contributed by atoms with Crippen LogP contribution in [0.5, 0.6) is 0 Å². The Balaban J connectivity index is 1.49. The molecule has 1 amide bonds. The molecule has 3 rings (SSSR count). The highest BCUT2D eigenvalue weighted by atomic mass is 16.6. The van der Waals surface area contributed by atoms with E-state index in [1.807, 2.05) is 26.0 Å². The SMILES string of the molecule is CC(=O)OC(C)C=CC(=O)N[C@@H]1C[C@H](C)[C@H](CC=C(C)C=C[C@H]2O[C@H](CN=C=O)C[C@@]3(CO3)[C@@H]2O)O[C@@H]1C. The summed E-state index contributed by atoms with van der Waals surface area (Å²) in [6.07, 6.45) is 10.0.